The maximum absolute atomic E-state index is 5.32. The third-order valence-electron chi connectivity index (χ3n) is 3.06. The lowest BCUT2D eigenvalue weighted by molar-refractivity contribution is 0.634. The number of pyridine rings is 1. The van der Waals surface area contributed by atoms with E-state index in [1.165, 1.54) is 18.6 Å². The Balaban J connectivity index is 1.93. The van der Waals surface area contributed by atoms with Crippen LogP contribution in [0.15, 0.2) is 24.4 Å². The zero-order chi connectivity index (χ0) is 12.4. The highest BCUT2D eigenvalue weighted by Gasteiger charge is 2.19. The van der Waals surface area contributed by atoms with Gasteiger partial charge in [0.2, 0.25) is 0 Å². The van der Waals surface area contributed by atoms with Crippen LogP contribution < -0.4 is 0 Å². The molecule has 3 rings (SSSR count). The van der Waals surface area contributed by atoms with Gasteiger partial charge in [0, 0.05) is 18.0 Å². The van der Waals surface area contributed by atoms with Gasteiger partial charge in [-0.1, -0.05) is 6.07 Å². The SMILES string of the molecule is S=c1[nH]nc(-c2ccccn2)n1CC1CCCS1. The summed E-state index contributed by atoms with van der Waals surface area (Å²) in [5.41, 5.74) is 0.868. The normalized spacial score (nSPS) is 19.2. The van der Waals surface area contributed by atoms with Crippen molar-refractivity contribution in [3.05, 3.63) is 29.2 Å². The Morgan fingerprint density at radius 3 is 3.17 bits per heavy atom. The minimum absolute atomic E-state index is 0.650. The highest BCUT2D eigenvalue weighted by molar-refractivity contribution is 8.00. The molecule has 1 N–H and O–H groups in total. The summed E-state index contributed by atoms with van der Waals surface area (Å²) in [6.45, 7) is 0.923. The van der Waals surface area contributed by atoms with E-state index in [-0.39, 0.29) is 0 Å². The second-order valence-corrected chi connectivity index (χ2v) is 6.11. The standard InChI is InChI=1S/C12H14N4S2/c17-12-15-14-11(10-5-1-2-6-13-10)16(12)8-9-4-3-7-18-9/h1-2,5-6,9H,3-4,7-8H2,(H,15,17). The molecule has 0 aliphatic carbocycles. The largest absolute Gasteiger partial charge is 0.298 e. The van der Waals surface area contributed by atoms with Crippen molar-refractivity contribution in [2.24, 2.45) is 0 Å². The molecule has 3 heterocycles. The zero-order valence-electron chi connectivity index (χ0n) is 9.87. The lowest BCUT2D eigenvalue weighted by Crippen LogP contribution is -2.11. The smallest absolute Gasteiger partial charge is 0.195 e. The molecule has 94 valence electrons. The Hall–Kier alpha value is -1.14. The molecule has 1 atom stereocenters. The minimum atomic E-state index is 0.650. The first-order valence-electron chi connectivity index (χ1n) is 6.03. The van der Waals surface area contributed by atoms with Gasteiger partial charge in [-0.15, -0.1) is 0 Å². The Labute approximate surface area is 115 Å². The van der Waals surface area contributed by atoms with E-state index in [2.05, 4.69) is 19.7 Å². The van der Waals surface area contributed by atoms with Crippen molar-refractivity contribution in [3.63, 3.8) is 0 Å². The Morgan fingerprint density at radius 1 is 1.50 bits per heavy atom. The predicted molar refractivity (Wildman–Crippen MR) is 76.1 cm³/mol. The summed E-state index contributed by atoms with van der Waals surface area (Å²) in [7, 11) is 0. The molecule has 0 amide bonds. The number of hydrogen-bond donors (Lipinski definition) is 1. The fraction of sp³-hybridized carbons (Fsp3) is 0.417. The Kier molecular flexibility index (Phi) is 3.47. The van der Waals surface area contributed by atoms with Gasteiger partial charge in [-0.25, -0.2) is 0 Å². The average molecular weight is 278 g/mol. The first-order valence-corrected chi connectivity index (χ1v) is 7.48. The maximum atomic E-state index is 5.32. The Bertz CT molecular complexity index is 569. The lowest BCUT2D eigenvalue weighted by atomic mass is 10.2. The fourth-order valence-corrected chi connectivity index (χ4v) is 3.63. The van der Waals surface area contributed by atoms with Crippen LogP contribution in [0, 0.1) is 4.77 Å². The third kappa shape index (κ3) is 2.35. The summed E-state index contributed by atoms with van der Waals surface area (Å²) in [6, 6.07) is 5.83. The van der Waals surface area contributed by atoms with Crippen LogP contribution in [0.3, 0.4) is 0 Å². The molecule has 1 fully saturated rings. The van der Waals surface area contributed by atoms with E-state index in [0.717, 1.165) is 18.1 Å². The number of H-pyrrole nitrogens is 1. The molecule has 0 bridgehead atoms. The molecule has 4 nitrogen and oxygen atoms in total. The highest BCUT2D eigenvalue weighted by atomic mass is 32.2. The predicted octanol–water partition coefficient (Wildman–Crippen LogP) is 2.90. The number of nitrogens with zero attached hydrogens (tertiary/aromatic N) is 3. The maximum Gasteiger partial charge on any atom is 0.195 e. The topological polar surface area (TPSA) is 46.5 Å². The van der Waals surface area contributed by atoms with Crippen molar-refractivity contribution >= 4 is 24.0 Å². The second-order valence-electron chi connectivity index (χ2n) is 4.31. The van der Waals surface area contributed by atoms with Gasteiger partial charge < -0.3 is 0 Å². The van der Waals surface area contributed by atoms with Gasteiger partial charge in [0.25, 0.3) is 0 Å². The monoisotopic (exact) mass is 278 g/mol. The van der Waals surface area contributed by atoms with Crippen molar-refractivity contribution in [2.45, 2.75) is 24.6 Å². The van der Waals surface area contributed by atoms with Crippen LogP contribution in [0.5, 0.6) is 0 Å². The van der Waals surface area contributed by atoms with E-state index in [1.807, 2.05) is 30.0 Å². The molecule has 2 aromatic heterocycles. The van der Waals surface area contributed by atoms with E-state index in [4.69, 9.17) is 12.2 Å². The van der Waals surface area contributed by atoms with E-state index in [9.17, 15) is 0 Å². The van der Waals surface area contributed by atoms with Crippen molar-refractivity contribution in [3.8, 4) is 11.5 Å². The quantitative estimate of drug-likeness (QED) is 0.877. The molecule has 1 unspecified atom stereocenters. The van der Waals surface area contributed by atoms with Crippen LogP contribution in [-0.2, 0) is 6.54 Å². The first-order chi connectivity index (χ1) is 8.84. The van der Waals surface area contributed by atoms with E-state index in [1.54, 1.807) is 6.20 Å². The molecular weight excluding hydrogens is 264 g/mol. The van der Waals surface area contributed by atoms with Crippen molar-refractivity contribution in [1.29, 1.82) is 0 Å². The summed E-state index contributed by atoms with van der Waals surface area (Å²) in [5, 5.41) is 7.83. The van der Waals surface area contributed by atoms with Crippen LogP contribution in [0.1, 0.15) is 12.8 Å². The van der Waals surface area contributed by atoms with E-state index in [0.29, 0.717) is 10.0 Å². The van der Waals surface area contributed by atoms with Crippen LogP contribution >= 0.6 is 24.0 Å². The summed E-state index contributed by atoms with van der Waals surface area (Å²) in [5.74, 6) is 2.10. The summed E-state index contributed by atoms with van der Waals surface area (Å²) >= 11 is 7.34. The van der Waals surface area contributed by atoms with Gasteiger partial charge in [-0.2, -0.15) is 16.9 Å². The van der Waals surface area contributed by atoms with Gasteiger partial charge in [-0.3, -0.25) is 14.6 Å². The lowest BCUT2D eigenvalue weighted by Gasteiger charge is -2.11. The second kappa shape index (κ2) is 5.24. The van der Waals surface area contributed by atoms with Crippen LogP contribution in [0.25, 0.3) is 11.5 Å². The number of hydrogen-bond acceptors (Lipinski definition) is 4. The Morgan fingerprint density at radius 2 is 2.44 bits per heavy atom. The van der Waals surface area contributed by atoms with Gasteiger partial charge >= 0.3 is 0 Å². The third-order valence-corrected chi connectivity index (χ3v) is 4.75. The van der Waals surface area contributed by atoms with Gasteiger partial charge in [0.05, 0.1) is 0 Å². The summed E-state index contributed by atoms with van der Waals surface area (Å²) in [4.78, 5) is 4.34. The molecule has 0 radical (unpaired) electrons. The van der Waals surface area contributed by atoms with E-state index < -0.39 is 0 Å². The van der Waals surface area contributed by atoms with Crippen molar-refractivity contribution in [2.75, 3.05) is 5.75 Å². The molecule has 1 aliphatic rings. The number of aromatic nitrogens is 4. The average Bonchev–Trinajstić information content (AvgIpc) is 3.03. The fourth-order valence-electron chi connectivity index (χ4n) is 2.17. The molecule has 6 heteroatoms. The number of nitrogens with one attached hydrogen (secondary N) is 1. The highest BCUT2D eigenvalue weighted by Crippen LogP contribution is 2.28. The number of rotatable bonds is 3. The summed E-state index contributed by atoms with van der Waals surface area (Å²) in [6.07, 6.45) is 4.35. The number of aromatic amines is 1. The molecule has 2 aromatic rings. The molecule has 0 spiro atoms. The van der Waals surface area contributed by atoms with Crippen LogP contribution in [-0.4, -0.2) is 30.8 Å². The zero-order valence-corrected chi connectivity index (χ0v) is 11.5. The van der Waals surface area contributed by atoms with Crippen molar-refractivity contribution in [1.82, 2.24) is 19.7 Å². The number of thioether (sulfide) groups is 1. The van der Waals surface area contributed by atoms with Gasteiger partial charge in [0.1, 0.15) is 5.69 Å². The van der Waals surface area contributed by atoms with Crippen LogP contribution in [0.4, 0.5) is 0 Å². The van der Waals surface area contributed by atoms with Crippen molar-refractivity contribution < 1.29 is 0 Å². The minimum Gasteiger partial charge on any atom is -0.298 e. The first kappa shape index (κ1) is 11.9. The molecule has 1 aliphatic heterocycles. The molecule has 0 aromatic carbocycles. The molecular formula is C12H14N4S2. The van der Waals surface area contributed by atoms with Gasteiger partial charge in [-0.05, 0) is 42.9 Å². The molecule has 18 heavy (non-hydrogen) atoms. The molecule has 1 saturated heterocycles. The van der Waals surface area contributed by atoms with E-state index >= 15 is 0 Å². The summed E-state index contributed by atoms with van der Waals surface area (Å²) < 4.78 is 2.75. The van der Waals surface area contributed by atoms with Gasteiger partial charge in [0.15, 0.2) is 10.6 Å². The molecule has 0 saturated carbocycles. The van der Waals surface area contributed by atoms with Crippen LogP contribution in [0.2, 0.25) is 0 Å².